The van der Waals surface area contributed by atoms with E-state index in [-0.39, 0.29) is 0 Å². The summed E-state index contributed by atoms with van der Waals surface area (Å²) in [4.78, 5) is 3.30. The molecule has 0 amide bonds. The maximum absolute atomic E-state index is 9.54. The van der Waals surface area contributed by atoms with Crippen LogP contribution in [0.5, 0.6) is 0 Å². The van der Waals surface area contributed by atoms with Crippen LogP contribution in [0.3, 0.4) is 0 Å². The van der Waals surface area contributed by atoms with E-state index in [1.807, 2.05) is 18.2 Å². The predicted molar refractivity (Wildman–Crippen MR) is 81.8 cm³/mol. The summed E-state index contributed by atoms with van der Waals surface area (Å²) in [7, 11) is 0. The third-order valence-electron chi connectivity index (χ3n) is 3.61. The highest BCUT2D eigenvalue weighted by molar-refractivity contribution is 7.94. The first kappa shape index (κ1) is 12.6. The molecule has 2 nitrogen and oxygen atoms in total. The van der Waals surface area contributed by atoms with Crippen LogP contribution in [-0.2, 0) is 0 Å². The maximum atomic E-state index is 9.54. The van der Waals surface area contributed by atoms with Gasteiger partial charge in [-0.05, 0) is 36.1 Å². The molecule has 2 aromatic rings. The van der Waals surface area contributed by atoms with Crippen LogP contribution in [0, 0.1) is 0 Å². The molecule has 1 aliphatic rings. The quantitative estimate of drug-likeness (QED) is 0.830. The number of anilines is 1. The van der Waals surface area contributed by atoms with Gasteiger partial charge in [-0.25, -0.2) is 0 Å². The molecule has 0 bridgehead atoms. The number of hydrogen-bond acceptors (Lipinski definition) is 3. The van der Waals surface area contributed by atoms with Crippen LogP contribution in [0.4, 0.5) is 5.69 Å². The van der Waals surface area contributed by atoms with E-state index in [1.165, 1.54) is 18.4 Å². The number of benzene rings is 2. The molecule has 19 heavy (non-hydrogen) atoms. The first-order valence-electron chi connectivity index (χ1n) is 6.64. The Morgan fingerprint density at radius 3 is 2.32 bits per heavy atom. The van der Waals surface area contributed by atoms with Crippen LogP contribution in [0.1, 0.15) is 12.8 Å². The van der Waals surface area contributed by atoms with Gasteiger partial charge >= 0.3 is 0 Å². The van der Waals surface area contributed by atoms with E-state index in [4.69, 9.17) is 0 Å². The second-order valence-electron chi connectivity index (χ2n) is 4.83. The molecule has 0 radical (unpaired) electrons. The molecule has 1 heterocycles. The molecular formula is C16H17NOS. The summed E-state index contributed by atoms with van der Waals surface area (Å²) in [6.07, 6.45) is 2.49. The van der Waals surface area contributed by atoms with E-state index in [1.54, 1.807) is 0 Å². The van der Waals surface area contributed by atoms with E-state index in [2.05, 4.69) is 35.2 Å². The topological polar surface area (TPSA) is 23.5 Å². The van der Waals surface area contributed by atoms with Crippen molar-refractivity contribution < 1.29 is 4.55 Å². The molecule has 1 fully saturated rings. The van der Waals surface area contributed by atoms with Crippen molar-refractivity contribution in [3.63, 3.8) is 0 Å². The smallest absolute Gasteiger partial charge is 0.0590 e. The Bertz CT molecular complexity index is 550. The van der Waals surface area contributed by atoms with Crippen molar-refractivity contribution in [3.05, 3.63) is 48.5 Å². The molecule has 3 rings (SSSR count). The van der Waals surface area contributed by atoms with E-state index in [0.717, 1.165) is 41.3 Å². The van der Waals surface area contributed by atoms with Gasteiger partial charge < -0.3 is 9.45 Å². The average Bonchev–Trinajstić information content (AvgIpc) is 3.01. The number of nitrogens with zero attached hydrogens (tertiary/aromatic N) is 1. The van der Waals surface area contributed by atoms with Gasteiger partial charge in [-0.15, -0.1) is 0 Å². The molecular weight excluding hydrogens is 254 g/mol. The summed E-state index contributed by atoms with van der Waals surface area (Å²) in [6, 6.07) is 16.6. The van der Waals surface area contributed by atoms with Crippen molar-refractivity contribution in [2.75, 3.05) is 18.0 Å². The summed E-state index contributed by atoms with van der Waals surface area (Å²) in [6.45, 7) is 2.19. The van der Waals surface area contributed by atoms with E-state index in [9.17, 15) is 4.55 Å². The van der Waals surface area contributed by atoms with Gasteiger partial charge in [-0.3, -0.25) is 0 Å². The third-order valence-corrected chi connectivity index (χ3v) is 4.14. The normalized spacial score (nSPS) is 14.9. The standard InChI is InChI=1S/C16H17NOS/c18-19-16-12-14(13-6-2-1-3-7-13)8-9-15(16)17-10-4-5-11-17/h1-3,6-9,12,18H,4-5,10-11H2. The summed E-state index contributed by atoms with van der Waals surface area (Å²) in [5.74, 6) is 0. The Morgan fingerprint density at radius 2 is 1.63 bits per heavy atom. The van der Waals surface area contributed by atoms with Gasteiger partial charge in [0.2, 0.25) is 0 Å². The van der Waals surface area contributed by atoms with Gasteiger partial charge in [-0.2, -0.15) is 0 Å². The van der Waals surface area contributed by atoms with Crippen LogP contribution < -0.4 is 4.90 Å². The lowest BCUT2D eigenvalue weighted by molar-refractivity contribution is 0.663. The second kappa shape index (κ2) is 5.68. The fourth-order valence-electron chi connectivity index (χ4n) is 2.62. The Kier molecular flexibility index (Phi) is 3.76. The maximum Gasteiger partial charge on any atom is 0.0590 e. The highest BCUT2D eigenvalue weighted by Gasteiger charge is 2.16. The van der Waals surface area contributed by atoms with Crippen molar-refractivity contribution in [1.29, 1.82) is 0 Å². The van der Waals surface area contributed by atoms with Gasteiger partial charge in [0.05, 0.1) is 10.6 Å². The van der Waals surface area contributed by atoms with Crippen LogP contribution in [-0.4, -0.2) is 17.6 Å². The van der Waals surface area contributed by atoms with Crippen LogP contribution in [0.25, 0.3) is 11.1 Å². The Hall–Kier alpha value is -1.45. The molecule has 0 aliphatic carbocycles. The first-order chi connectivity index (χ1) is 9.38. The molecule has 0 saturated carbocycles. The lowest BCUT2D eigenvalue weighted by atomic mass is 10.1. The summed E-state index contributed by atoms with van der Waals surface area (Å²) >= 11 is 0.849. The predicted octanol–water partition coefficient (Wildman–Crippen LogP) is 4.52. The minimum atomic E-state index is 0.849. The fourth-order valence-corrected chi connectivity index (χ4v) is 3.09. The van der Waals surface area contributed by atoms with Crippen molar-refractivity contribution in [3.8, 4) is 11.1 Å². The molecule has 3 heteroatoms. The average molecular weight is 271 g/mol. The lowest BCUT2D eigenvalue weighted by Crippen LogP contribution is -2.18. The van der Waals surface area contributed by atoms with Crippen LogP contribution >= 0.6 is 12.0 Å². The summed E-state index contributed by atoms with van der Waals surface area (Å²) < 4.78 is 9.54. The lowest BCUT2D eigenvalue weighted by Gasteiger charge is -2.20. The monoisotopic (exact) mass is 271 g/mol. The zero-order valence-electron chi connectivity index (χ0n) is 10.7. The van der Waals surface area contributed by atoms with E-state index >= 15 is 0 Å². The molecule has 0 atom stereocenters. The molecule has 1 saturated heterocycles. The highest BCUT2D eigenvalue weighted by atomic mass is 32.2. The summed E-state index contributed by atoms with van der Waals surface area (Å²) in [5, 5.41) is 0. The largest absolute Gasteiger partial charge is 0.371 e. The minimum Gasteiger partial charge on any atom is -0.371 e. The Labute approximate surface area is 118 Å². The number of hydrogen-bond donors (Lipinski definition) is 1. The van der Waals surface area contributed by atoms with Gasteiger partial charge in [0.25, 0.3) is 0 Å². The Balaban J connectivity index is 1.97. The highest BCUT2D eigenvalue weighted by Crippen LogP contribution is 2.34. The zero-order valence-corrected chi connectivity index (χ0v) is 11.6. The minimum absolute atomic E-state index is 0.849. The molecule has 0 aromatic heterocycles. The molecule has 0 unspecified atom stereocenters. The molecule has 1 N–H and O–H groups in total. The number of rotatable bonds is 3. The molecule has 0 spiro atoms. The van der Waals surface area contributed by atoms with Crippen molar-refractivity contribution in [1.82, 2.24) is 0 Å². The molecule has 2 aromatic carbocycles. The molecule has 1 aliphatic heterocycles. The fraction of sp³-hybridized carbons (Fsp3) is 0.250. The summed E-state index contributed by atoms with van der Waals surface area (Å²) in [5.41, 5.74) is 3.50. The Morgan fingerprint density at radius 1 is 0.895 bits per heavy atom. The van der Waals surface area contributed by atoms with E-state index in [0.29, 0.717) is 0 Å². The van der Waals surface area contributed by atoms with Crippen molar-refractivity contribution in [2.45, 2.75) is 17.7 Å². The molecule has 98 valence electrons. The van der Waals surface area contributed by atoms with Gasteiger partial charge in [0.1, 0.15) is 0 Å². The SMILES string of the molecule is OSc1cc(-c2ccccc2)ccc1N1CCCC1. The zero-order chi connectivity index (χ0) is 13.1. The van der Waals surface area contributed by atoms with Crippen molar-refractivity contribution in [2.24, 2.45) is 0 Å². The third kappa shape index (κ3) is 2.62. The van der Waals surface area contributed by atoms with Gasteiger partial charge in [-0.1, -0.05) is 36.4 Å². The van der Waals surface area contributed by atoms with E-state index < -0.39 is 0 Å². The van der Waals surface area contributed by atoms with Gasteiger partial charge in [0.15, 0.2) is 0 Å². The van der Waals surface area contributed by atoms with Crippen LogP contribution in [0.2, 0.25) is 0 Å². The van der Waals surface area contributed by atoms with Gasteiger partial charge in [0, 0.05) is 25.1 Å². The van der Waals surface area contributed by atoms with Crippen LogP contribution in [0.15, 0.2) is 53.4 Å². The second-order valence-corrected chi connectivity index (χ2v) is 5.46. The van der Waals surface area contributed by atoms with Crippen molar-refractivity contribution >= 4 is 17.7 Å². The first-order valence-corrected chi connectivity index (χ1v) is 7.41.